The molecule has 0 amide bonds. The first-order valence-corrected chi connectivity index (χ1v) is 6.21. The van der Waals surface area contributed by atoms with Crippen molar-refractivity contribution >= 4 is 22.2 Å². The molecular weight excluding hydrogens is 318 g/mol. The SMILES string of the molecule is O=Cc1cccc(F)c1OCc1cc(F)cc(Br)c1. The van der Waals surface area contributed by atoms with Gasteiger partial charge in [0.25, 0.3) is 0 Å². The lowest BCUT2D eigenvalue weighted by Crippen LogP contribution is -2.01. The molecule has 0 aliphatic rings. The van der Waals surface area contributed by atoms with Crippen LogP contribution < -0.4 is 4.74 Å². The smallest absolute Gasteiger partial charge is 0.165 e. The summed E-state index contributed by atoms with van der Waals surface area (Å²) in [6, 6.07) is 8.32. The molecule has 0 atom stereocenters. The minimum atomic E-state index is -0.625. The normalized spacial score (nSPS) is 10.3. The average Bonchev–Trinajstić information content (AvgIpc) is 2.36. The van der Waals surface area contributed by atoms with E-state index in [1.165, 1.54) is 30.3 Å². The number of carbonyl (C=O) groups excluding carboxylic acids is 1. The summed E-state index contributed by atoms with van der Waals surface area (Å²) in [5.74, 6) is -1.17. The van der Waals surface area contributed by atoms with Gasteiger partial charge in [0.1, 0.15) is 12.4 Å². The molecule has 0 unspecified atom stereocenters. The molecule has 5 heteroatoms. The van der Waals surface area contributed by atoms with Gasteiger partial charge in [0, 0.05) is 4.47 Å². The van der Waals surface area contributed by atoms with Crippen LogP contribution in [0, 0.1) is 11.6 Å². The highest BCUT2D eigenvalue weighted by molar-refractivity contribution is 9.10. The van der Waals surface area contributed by atoms with E-state index in [-0.39, 0.29) is 17.9 Å². The topological polar surface area (TPSA) is 26.3 Å². The molecule has 2 aromatic carbocycles. The molecule has 0 bridgehead atoms. The van der Waals surface area contributed by atoms with Crippen LogP contribution in [0.15, 0.2) is 40.9 Å². The Balaban J connectivity index is 2.21. The lowest BCUT2D eigenvalue weighted by molar-refractivity contribution is 0.111. The van der Waals surface area contributed by atoms with Crippen molar-refractivity contribution in [3.8, 4) is 5.75 Å². The van der Waals surface area contributed by atoms with Gasteiger partial charge in [-0.05, 0) is 35.9 Å². The fourth-order valence-electron chi connectivity index (χ4n) is 1.62. The number of ether oxygens (including phenoxy) is 1. The molecule has 0 aromatic heterocycles. The predicted molar refractivity (Wildman–Crippen MR) is 70.2 cm³/mol. The van der Waals surface area contributed by atoms with Crippen LogP contribution in [-0.4, -0.2) is 6.29 Å². The fourth-order valence-corrected chi connectivity index (χ4v) is 2.13. The van der Waals surface area contributed by atoms with Gasteiger partial charge in [-0.2, -0.15) is 0 Å². The molecule has 0 saturated heterocycles. The van der Waals surface area contributed by atoms with E-state index in [0.717, 1.165) is 0 Å². The summed E-state index contributed by atoms with van der Waals surface area (Å²) >= 11 is 3.16. The summed E-state index contributed by atoms with van der Waals surface area (Å²) in [5.41, 5.74) is 0.655. The lowest BCUT2D eigenvalue weighted by atomic mass is 10.2. The average molecular weight is 327 g/mol. The number of carbonyl (C=O) groups is 1. The lowest BCUT2D eigenvalue weighted by Gasteiger charge is -2.09. The van der Waals surface area contributed by atoms with Crippen LogP contribution in [0.1, 0.15) is 15.9 Å². The minimum Gasteiger partial charge on any atom is -0.485 e. The maximum atomic E-state index is 13.5. The van der Waals surface area contributed by atoms with E-state index in [4.69, 9.17) is 4.74 Å². The van der Waals surface area contributed by atoms with Crippen molar-refractivity contribution in [3.05, 3.63) is 63.6 Å². The largest absolute Gasteiger partial charge is 0.485 e. The Morgan fingerprint density at radius 1 is 1.21 bits per heavy atom. The van der Waals surface area contributed by atoms with Gasteiger partial charge in [-0.3, -0.25) is 4.79 Å². The second kappa shape index (κ2) is 5.93. The summed E-state index contributed by atoms with van der Waals surface area (Å²) in [4.78, 5) is 10.8. The zero-order valence-corrected chi connectivity index (χ0v) is 11.3. The summed E-state index contributed by atoms with van der Waals surface area (Å²) in [7, 11) is 0. The van der Waals surface area contributed by atoms with Gasteiger partial charge in [0.05, 0.1) is 5.56 Å². The number of hydrogen-bond acceptors (Lipinski definition) is 2. The fraction of sp³-hybridized carbons (Fsp3) is 0.0714. The number of para-hydroxylation sites is 1. The first-order chi connectivity index (χ1) is 9.10. The van der Waals surface area contributed by atoms with E-state index >= 15 is 0 Å². The van der Waals surface area contributed by atoms with Crippen molar-refractivity contribution in [2.45, 2.75) is 6.61 Å². The highest BCUT2D eigenvalue weighted by Crippen LogP contribution is 2.23. The van der Waals surface area contributed by atoms with E-state index in [1.807, 2.05) is 0 Å². The molecule has 0 fully saturated rings. The third-order valence-electron chi connectivity index (χ3n) is 2.43. The molecule has 0 aliphatic carbocycles. The second-order valence-electron chi connectivity index (χ2n) is 3.84. The van der Waals surface area contributed by atoms with Gasteiger partial charge in [-0.25, -0.2) is 8.78 Å². The maximum Gasteiger partial charge on any atom is 0.165 e. The van der Waals surface area contributed by atoms with Crippen molar-refractivity contribution in [2.75, 3.05) is 0 Å². The third-order valence-corrected chi connectivity index (χ3v) is 2.89. The molecule has 0 saturated carbocycles. The van der Waals surface area contributed by atoms with E-state index < -0.39 is 11.6 Å². The number of hydrogen-bond donors (Lipinski definition) is 0. The summed E-state index contributed by atoms with van der Waals surface area (Å²) in [6.45, 7) is -0.0296. The first kappa shape index (κ1) is 13.7. The summed E-state index contributed by atoms with van der Waals surface area (Å²) in [6.07, 6.45) is 0.514. The highest BCUT2D eigenvalue weighted by atomic mass is 79.9. The molecule has 0 radical (unpaired) electrons. The van der Waals surface area contributed by atoms with Crippen LogP contribution in [0.25, 0.3) is 0 Å². The van der Waals surface area contributed by atoms with Crippen molar-refractivity contribution in [3.63, 3.8) is 0 Å². The number of rotatable bonds is 4. The molecule has 0 N–H and O–H groups in total. The monoisotopic (exact) mass is 326 g/mol. The number of benzene rings is 2. The molecule has 2 rings (SSSR count). The molecule has 19 heavy (non-hydrogen) atoms. The molecule has 2 aromatic rings. The van der Waals surface area contributed by atoms with E-state index in [2.05, 4.69) is 15.9 Å². The van der Waals surface area contributed by atoms with Gasteiger partial charge in [-0.15, -0.1) is 0 Å². The first-order valence-electron chi connectivity index (χ1n) is 5.41. The van der Waals surface area contributed by atoms with E-state index in [0.29, 0.717) is 16.3 Å². The quantitative estimate of drug-likeness (QED) is 0.790. The van der Waals surface area contributed by atoms with Gasteiger partial charge in [0.15, 0.2) is 17.9 Å². The summed E-state index contributed by atoms with van der Waals surface area (Å²) in [5, 5.41) is 0. The van der Waals surface area contributed by atoms with Crippen LogP contribution in [0.2, 0.25) is 0 Å². The van der Waals surface area contributed by atoms with E-state index in [1.54, 1.807) is 6.07 Å². The maximum absolute atomic E-state index is 13.5. The Kier molecular flexibility index (Phi) is 4.27. The molecule has 0 aliphatic heterocycles. The Hall–Kier alpha value is -1.75. The molecule has 0 spiro atoms. The zero-order valence-electron chi connectivity index (χ0n) is 9.70. The van der Waals surface area contributed by atoms with Crippen molar-refractivity contribution in [2.24, 2.45) is 0 Å². The van der Waals surface area contributed by atoms with Crippen molar-refractivity contribution in [1.82, 2.24) is 0 Å². The summed E-state index contributed by atoms with van der Waals surface area (Å²) < 4.78 is 32.5. The Bertz CT molecular complexity index is 594. The molecule has 0 heterocycles. The Morgan fingerprint density at radius 2 is 2.00 bits per heavy atom. The predicted octanol–water partition coefficient (Wildman–Crippen LogP) is 4.12. The highest BCUT2D eigenvalue weighted by Gasteiger charge is 2.09. The van der Waals surface area contributed by atoms with Crippen molar-refractivity contribution < 1.29 is 18.3 Å². The molecule has 98 valence electrons. The van der Waals surface area contributed by atoms with Crippen LogP contribution in [0.4, 0.5) is 8.78 Å². The van der Waals surface area contributed by atoms with E-state index in [9.17, 15) is 13.6 Å². The zero-order chi connectivity index (χ0) is 13.8. The second-order valence-corrected chi connectivity index (χ2v) is 4.76. The van der Waals surface area contributed by atoms with Gasteiger partial charge < -0.3 is 4.74 Å². The Labute approximate surface area is 117 Å². The van der Waals surface area contributed by atoms with Crippen LogP contribution >= 0.6 is 15.9 Å². The minimum absolute atomic E-state index is 0.0296. The van der Waals surface area contributed by atoms with Crippen LogP contribution in [0.5, 0.6) is 5.75 Å². The van der Waals surface area contributed by atoms with Gasteiger partial charge in [-0.1, -0.05) is 22.0 Å². The van der Waals surface area contributed by atoms with Gasteiger partial charge in [0.2, 0.25) is 0 Å². The molecular formula is C14H9BrF2O2. The Morgan fingerprint density at radius 3 is 2.68 bits per heavy atom. The van der Waals surface area contributed by atoms with Crippen LogP contribution in [0.3, 0.4) is 0 Å². The van der Waals surface area contributed by atoms with Crippen molar-refractivity contribution in [1.29, 1.82) is 0 Å². The number of halogens is 3. The number of aldehydes is 1. The molecule has 2 nitrogen and oxygen atoms in total. The third kappa shape index (κ3) is 3.38. The van der Waals surface area contributed by atoms with Crippen LogP contribution in [-0.2, 0) is 6.61 Å². The standard InChI is InChI=1S/C14H9BrF2O2/c15-11-4-9(5-12(16)6-11)8-19-14-10(7-18)2-1-3-13(14)17/h1-7H,8H2. The van der Waals surface area contributed by atoms with Gasteiger partial charge >= 0.3 is 0 Å².